The van der Waals surface area contributed by atoms with Gasteiger partial charge in [0, 0.05) is 11.3 Å². The van der Waals surface area contributed by atoms with E-state index in [1.54, 1.807) is 13.8 Å². The highest BCUT2D eigenvalue weighted by atomic mass is 16.8. The number of aliphatic hydroxyl groups excluding tert-OH is 7. The highest BCUT2D eigenvalue weighted by Gasteiger charge is 2.88. The summed E-state index contributed by atoms with van der Waals surface area (Å²) in [6.45, 7) is 14.2. The first-order valence-electron chi connectivity index (χ1n) is 21.0. The van der Waals surface area contributed by atoms with Crippen molar-refractivity contribution in [1.29, 1.82) is 0 Å². The summed E-state index contributed by atoms with van der Waals surface area (Å²) in [6.07, 6.45) is -7.28. The fourth-order valence-electron chi connectivity index (χ4n) is 15.4. The molecule has 0 radical (unpaired) electrons. The zero-order valence-corrected chi connectivity index (χ0v) is 33.4. The maximum absolute atomic E-state index is 12.8. The summed E-state index contributed by atoms with van der Waals surface area (Å²) in [5, 5.41) is 86.7. The third-order valence-electron chi connectivity index (χ3n) is 18.0. The molecule has 8 N–H and O–H groups in total. The Morgan fingerprint density at radius 3 is 2.16 bits per heavy atom. The molecule has 55 heavy (non-hydrogen) atoms. The Labute approximate surface area is 323 Å². The molecule has 314 valence electrons. The van der Waals surface area contributed by atoms with Gasteiger partial charge in [-0.25, -0.2) is 0 Å². The van der Waals surface area contributed by atoms with Crippen LogP contribution in [-0.4, -0.2) is 145 Å². The van der Waals surface area contributed by atoms with Gasteiger partial charge in [-0.3, -0.25) is 0 Å². The third-order valence-corrected chi connectivity index (χ3v) is 18.0. The van der Waals surface area contributed by atoms with Gasteiger partial charge in [-0.2, -0.15) is 0 Å². The van der Waals surface area contributed by atoms with Gasteiger partial charge >= 0.3 is 0 Å². The van der Waals surface area contributed by atoms with E-state index in [4.69, 9.17) is 28.4 Å². The first-order chi connectivity index (χ1) is 25.6. The molecule has 0 aromatic carbocycles. The lowest BCUT2D eigenvalue weighted by Crippen LogP contribution is -2.64. The van der Waals surface area contributed by atoms with Crippen molar-refractivity contribution in [2.45, 2.75) is 191 Å². The molecule has 14 nitrogen and oxygen atoms in total. The van der Waals surface area contributed by atoms with E-state index >= 15 is 0 Å². The molecule has 2 bridgehead atoms. The summed E-state index contributed by atoms with van der Waals surface area (Å²) < 4.78 is 38.0. The predicted octanol–water partition coefficient (Wildman–Crippen LogP) is 0.946. The SMILES string of the molecule is C[C@@H]1C[C@H]2O[C@@]3(OC2C(C)(C)O)[C@H](O)[C@@]2(C)[C@@H]4CC[C@H]5C(C)(C)[C@@H](O[C@@H]6OC[C@@H](O)[C@H](O)[C@H]6O[C@@H]6O[C@H](CO)[C@@H](O)[C@H](O)[C@H]6O)CC[C@@]56C[C@@]46CC[C@]2(C)[C@@H]13. The maximum Gasteiger partial charge on any atom is 0.199 e. The lowest BCUT2D eigenvalue weighted by molar-refractivity contribution is -0.366. The number of hydrogen-bond acceptors (Lipinski definition) is 14. The average molecular weight is 783 g/mol. The summed E-state index contributed by atoms with van der Waals surface area (Å²) in [5.41, 5.74) is -1.96. The minimum Gasteiger partial charge on any atom is -0.394 e. The van der Waals surface area contributed by atoms with Crippen LogP contribution in [0.15, 0.2) is 0 Å². The monoisotopic (exact) mass is 782 g/mol. The number of rotatable bonds is 6. The Morgan fingerprint density at radius 2 is 1.47 bits per heavy atom. The molecule has 4 saturated heterocycles. The molecule has 1 unspecified atom stereocenters. The molecule has 9 aliphatic rings. The first-order valence-corrected chi connectivity index (χ1v) is 21.0. The number of ether oxygens (including phenoxy) is 6. The van der Waals surface area contributed by atoms with Gasteiger partial charge in [0.05, 0.1) is 31.0 Å². The van der Waals surface area contributed by atoms with Crippen LogP contribution in [0.5, 0.6) is 0 Å². The number of aliphatic hydroxyl groups is 8. The van der Waals surface area contributed by atoms with Crippen molar-refractivity contribution >= 4 is 0 Å². The number of fused-ring (bicyclic) bond motifs is 4. The molecule has 22 atom stereocenters. The zero-order chi connectivity index (χ0) is 39.6. The van der Waals surface area contributed by atoms with Gasteiger partial charge < -0.3 is 69.3 Å². The largest absolute Gasteiger partial charge is 0.394 e. The van der Waals surface area contributed by atoms with Crippen LogP contribution in [0.1, 0.15) is 99.8 Å². The standard InChI is InChI=1S/C41H66O14/c1-18-14-20-31(36(4,5)49)55-41(54-20)30(18)37(6)12-13-40-17-39(40)11-10-24(35(2,3)22(39)8-9-23(40)38(37,7)34(41)48)52-33-29(25(44)19(43)16-50-33)53-32-28(47)27(46)26(45)21(15-42)51-32/h18-34,42-49H,8-17H2,1-7H3/t18-,19-,20-,21-,22+,23+,24+,25+,26-,27+,28-,29-,30-,31?,32+,33+,34-,37-,38-,39-,40+,41+/m1/s1. The molecule has 3 spiro atoms. The van der Waals surface area contributed by atoms with Gasteiger partial charge in [0.1, 0.15) is 54.9 Å². The van der Waals surface area contributed by atoms with E-state index in [1.165, 1.54) is 0 Å². The van der Waals surface area contributed by atoms with Crippen molar-refractivity contribution in [3.05, 3.63) is 0 Å². The minimum atomic E-state index is -1.70. The van der Waals surface area contributed by atoms with E-state index in [-0.39, 0.29) is 58.2 Å². The van der Waals surface area contributed by atoms with Crippen molar-refractivity contribution in [2.24, 2.45) is 50.7 Å². The van der Waals surface area contributed by atoms with Crippen LogP contribution in [0, 0.1) is 50.7 Å². The second-order valence-electron chi connectivity index (χ2n) is 21.1. The topological polar surface area (TPSA) is 217 Å². The molecular weight excluding hydrogens is 716 g/mol. The molecule has 5 aliphatic carbocycles. The molecule has 14 heteroatoms. The quantitative estimate of drug-likeness (QED) is 0.176. The normalized spacial score (nSPS) is 60.6. The van der Waals surface area contributed by atoms with Gasteiger partial charge in [0.15, 0.2) is 18.4 Å². The molecular formula is C41H66O14. The Hall–Kier alpha value is -0.560. The first kappa shape index (κ1) is 39.9. The Morgan fingerprint density at radius 1 is 0.782 bits per heavy atom. The summed E-state index contributed by atoms with van der Waals surface area (Å²) in [6, 6.07) is 0. The molecule has 5 saturated carbocycles. The van der Waals surface area contributed by atoms with Crippen LogP contribution < -0.4 is 0 Å². The van der Waals surface area contributed by atoms with Crippen LogP contribution >= 0.6 is 0 Å². The number of hydrogen-bond donors (Lipinski definition) is 8. The average Bonchev–Trinajstić information content (AvgIpc) is 3.63. The molecule has 0 aromatic heterocycles. The highest BCUT2D eigenvalue weighted by Crippen LogP contribution is 2.90. The van der Waals surface area contributed by atoms with Crippen molar-refractivity contribution in [1.82, 2.24) is 0 Å². The second kappa shape index (κ2) is 12.5. The lowest BCUT2D eigenvalue weighted by Gasteiger charge is -2.63. The van der Waals surface area contributed by atoms with Crippen LogP contribution in [0.2, 0.25) is 0 Å². The molecule has 9 fully saturated rings. The summed E-state index contributed by atoms with van der Waals surface area (Å²) in [4.78, 5) is 0. The molecule has 9 rings (SSSR count). The predicted molar refractivity (Wildman–Crippen MR) is 191 cm³/mol. The fraction of sp³-hybridized carbons (Fsp3) is 1.00. The van der Waals surface area contributed by atoms with Crippen LogP contribution in [-0.2, 0) is 28.4 Å². The van der Waals surface area contributed by atoms with E-state index in [0.29, 0.717) is 5.92 Å². The molecule has 4 aliphatic heterocycles. The van der Waals surface area contributed by atoms with Crippen LogP contribution in [0.3, 0.4) is 0 Å². The van der Waals surface area contributed by atoms with Crippen LogP contribution in [0.25, 0.3) is 0 Å². The van der Waals surface area contributed by atoms with Gasteiger partial charge in [0.25, 0.3) is 0 Å². The molecule has 0 amide bonds. The maximum atomic E-state index is 12.8. The van der Waals surface area contributed by atoms with Crippen LogP contribution in [0.4, 0.5) is 0 Å². The Balaban J connectivity index is 0.962. The van der Waals surface area contributed by atoms with Crippen molar-refractivity contribution in [3.8, 4) is 0 Å². The Kier molecular flexibility index (Phi) is 9.06. The van der Waals surface area contributed by atoms with Gasteiger partial charge in [-0.15, -0.1) is 0 Å². The smallest absolute Gasteiger partial charge is 0.199 e. The fourth-order valence-corrected chi connectivity index (χ4v) is 15.4. The van der Waals surface area contributed by atoms with E-state index in [9.17, 15) is 40.9 Å². The van der Waals surface area contributed by atoms with Crippen molar-refractivity contribution in [3.63, 3.8) is 0 Å². The second-order valence-corrected chi connectivity index (χ2v) is 21.1. The van der Waals surface area contributed by atoms with E-state index in [0.717, 1.165) is 51.4 Å². The minimum absolute atomic E-state index is 0.0106. The van der Waals surface area contributed by atoms with Crippen molar-refractivity contribution < 1.29 is 69.3 Å². The molecule has 4 heterocycles. The zero-order valence-electron chi connectivity index (χ0n) is 33.4. The van der Waals surface area contributed by atoms with E-state index < -0.39 is 90.9 Å². The van der Waals surface area contributed by atoms with Gasteiger partial charge in [-0.05, 0) is 105 Å². The Bertz CT molecular complexity index is 1500. The van der Waals surface area contributed by atoms with Gasteiger partial charge in [-0.1, -0.05) is 34.6 Å². The summed E-state index contributed by atoms with van der Waals surface area (Å²) in [7, 11) is 0. The van der Waals surface area contributed by atoms with Crippen molar-refractivity contribution in [2.75, 3.05) is 13.2 Å². The van der Waals surface area contributed by atoms with E-state index in [2.05, 4.69) is 34.6 Å². The molecule has 0 aromatic rings. The highest BCUT2D eigenvalue weighted by molar-refractivity contribution is 5.34. The lowest BCUT2D eigenvalue weighted by atomic mass is 9.41. The third kappa shape index (κ3) is 4.98. The van der Waals surface area contributed by atoms with E-state index in [1.807, 2.05) is 0 Å². The van der Waals surface area contributed by atoms with Gasteiger partial charge in [0.2, 0.25) is 0 Å². The summed E-state index contributed by atoms with van der Waals surface area (Å²) >= 11 is 0. The summed E-state index contributed by atoms with van der Waals surface area (Å²) in [5.74, 6) is -0.276.